The van der Waals surface area contributed by atoms with Crippen LogP contribution in [0.1, 0.15) is 24.5 Å². The summed E-state index contributed by atoms with van der Waals surface area (Å²) in [5.74, 6) is 0. The van der Waals surface area contributed by atoms with Crippen LogP contribution in [0.25, 0.3) is 10.9 Å². The molecule has 1 N–H and O–H groups in total. The van der Waals surface area contributed by atoms with Gasteiger partial charge < -0.3 is 4.98 Å². The maximum atomic E-state index is 12.7. The molecular formula is C20H24N2O2S. The van der Waals surface area contributed by atoms with Gasteiger partial charge in [0.1, 0.15) is 0 Å². The van der Waals surface area contributed by atoms with Gasteiger partial charge in [-0.15, -0.1) is 0 Å². The highest BCUT2D eigenvalue weighted by atomic mass is 32.2. The van der Waals surface area contributed by atoms with E-state index < -0.39 is 10.0 Å². The van der Waals surface area contributed by atoms with Crippen molar-refractivity contribution in [3.05, 3.63) is 65.9 Å². The van der Waals surface area contributed by atoms with Crippen LogP contribution >= 0.6 is 0 Å². The van der Waals surface area contributed by atoms with E-state index in [1.807, 2.05) is 36.5 Å². The monoisotopic (exact) mass is 356 g/mol. The molecule has 3 rings (SSSR count). The number of hydrogen-bond acceptors (Lipinski definition) is 2. The Kier molecular flexibility index (Phi) is 5.25. The van der Waals surface area contributed by atoms with Crippen LogP contribution in [0.5, 0.6) is 0 Å². The Morgan fingerprint density at radius 1 is 1.00 bits per heavy atom. The Morgan fingerprint density at radius 3 is 2.44 bits per heavy atom. The highest BCUT2D eigenvalue weighted by molar-refractivity contribution is 7.89. The Bertz CT molecular complexity index is 943. The van der Waals surface area contributed by atoms with Crippen molar-refractivity contribution in [3.63, 3.8) is 0 Å². The molecular weight excluding hydrogens is 332 g/mol. The lowest BCUT2D eigenvalue weighted by Crippen LogP contribution is -2.29. The normalized spacial score (nSPS) is 12.1. The molecule has 0 saturated heterocycles. The van der Waals surface area contributed by atoms with Gasteiger partial charge >= 0.3 is 0 Å². The maximum Gasteiger partial charge on any atom is 0.242 e. The first-order chi connectivity index (χ1) is 12.0. The second kappa shape index (κ2) is 7.42. The molecule has 5 heteroatoms. The van der Waals surface area contributed by atoms with E-state index in [4.69, 9.17) is 0 Å². The van der Waals surface area contributed by atoms with Crippen LogP contribution in [0.15, 0.2) is 59.6 Å². The lowest BCUT2D eigenvalue weighted by atomic mass is 10.1. The van der Waals surface area contributed by atoms with Crippen LogP contribution in [0.3, 0.4) is 0 Å². The summed E-state index contributed by atoms with van der Waals surface area (Å²) >= 11 is 0. The summed E-state index contributed by atoms with van der Waals surface area (Å²) in [7, 11) is -1.81. The van der Waals surface area contributed by atoms with Gasteiger partial charge in [0.05, 0.1) is 4.90 Å². The minimum absolute atomic E-state index is 0.355. The summed E-state index contributed by atoms with van der Waals surface area (Å²) in [5, 5.41) is 1.15. The topological polar surface area (TPSA) is 53.2 Å². The molecule has 0 fully saturated rings. The zero-order valence-corrected chi connectivity index (χ0v) is 15.5. The number of likely N-dealkylation sites (N-methyl/N-ethyl adjacent to an activating group) is 1. The van der Waals surface area contributed by atoms with Crippen LogP contribution in [0, 0.1) is 0 Å². The molecule has 1 heterocycles. The van der Waals surface area contributed by atoms with E-state index >= 15 is 0 Å². The third-order valence-electron chi connectivity index (χ3n) is 4.54. The fourth-order valence-electron chi connectivity index (χ4n) is 3.03. The molecule has 4 nitrogen and oxygen atoms in total. The molecule has 0 aliphatic heterocycles. The Balaban J connectivity index is 1.72. The van der Waals surface area contributed by atoms with Gasteiger partial charge in [0, 0.05) is 30.7 Å². The van der Waals surface area contributed by atoms with Gasteiger partial charge in [-0.25, -0.2) is 12.7 Å². The molecule has 0 unspecified atom stereocenters. The number of aromatic amines is 1. The summed E-state index contributed by atoms with van der Waals surface area (Å²) in [6, 6.07) is 15.3. The van der Waals surface area contributed by atoms with Crippen molar-refractivity contribution >= 4 is 20.9 Å². The first-order valence-corrected chi connectivity index (χ1v) is 10.1. The third-order valence-corrected chi connectivity index (χ3v) is 6.41. The zero-order valence-electron chi connectivity index (χ0n) is 14.7. The molecule has 0 atom stereocenters. The second-order valence-electron chi connectivity index (χ2n) is 6.33. The summed E-state index contributed by atoms with van der Waals surface area (Å²) in [6.07, 6.45) is 4.66. The highest BCUT2D eigenvalue weighted by Crippen LogP contribution is 2.20. The van der Waals surface area contributed by atoms with E-state index in [1.165, 1.54) is 9.87 Å². The summed E-state index contributed by atoms with van der Waals surface area (Å²) < 4.78 is 26.9. The molecule has 132 valence electrons. The number of nitrogens with one attached hydrogen (secondary N) is 1. The van der Waals surface area contributed by atoms with Crippen molar-refractivity contribution in [2.45, 2.75) is 31.1 Å². The van der Waals surface area contributed by atoms with Crippen LogP contribution in [-0.2, 0) is 22.9 Å². The van der Waals surface area contributed by atoms with Crippen molar-refractivity contribution in [2.75, 3.05) is 13.6 Å². The molecule has 0 bridgehead atoms. The molecule has 0 amide bonds. The van der Waals surface area contributed by atoms with Gasteiger partial charge in [0.2, 0.25) is 10.0 Å². The van der Waals surface area contributed by atoms with Gasteiger partial charge in [-0.3, -0.25) is 0 Å². The number of nitrogens with zero attached hydrogens (tertiary/aromatic N) is 1. The van der Waals surface area contributed by atoms with E-state index in [0.717, 1.165) is 29.3 Å². The van der Waals surface area contributed by atoms with Crippen molar-refractivity contribution < 1.29 is 8.42 Å². The van der Waals surface area contributed by atoms with E-state index in [0.29, 0.717) is 17.9 Å². The van der Waals surface area contributed by atoms with Gasteiger partial charge in [0.25, 0.3) is 0 Å². The standard InChI is InChI=1S/C20H24N2O2S/c1-3-6-16-9-11-18(12-10-16)25(23,24)22(2)14-13-17-15-21-20-8-5-4-7-19(17)20/h4-5,7-12,15,21H,3,6,13-14H2,1-2H3. The number of benzene rings is 2. The minimum atomic E-state index is -3.45. The number of sulfonamides is 1. The zero-order chi connectivity index (χ0) is 17.9. The first kappa shape index (κ1) is 17.7. The Morgan fingerprint density at radius 2 is 1.72 bits per heavy atom. The predicted octanol–water partition coefficient (Wildman–Crippen LogP) is 3.98. The molecule has 1 aromatic heterocycles. The molecule has 0 saturated carbocycles. The van der Waals surface area contributed by atoms with Crippen molar-refractivity contribution in [1.29, 1.82) is 0 Å². The number of rotatable bonds is 7. The summed E-state index contributed by atoms with van der Waals surface area (Å²) in [6.45, 7) is 2.56. The van der Waals surface area contributed by atoms with E-state index in [2.05, 4.69) is 18.0 Å². The van der Waals surface area contributed by atoms with Crippen LogP contribution < -0.4 is 0 Å². The van der Waals surface area contributed by atoms with E-state index in [9.17, 15) is 8.42 Å². The average molecular weight is 356 g/mol. The SMILES string of the molecule is CCCc1ccc(S(=O)(=O)N(C)CCc2c[nH]c3ccccc23)cc1. The fraction of sp³-hybridized carbons (Fsp3) is 0.300. The van der Waals surface area contributed by atoms with Gasteiger partial charge in [-0.1, -0.05) is 43.7 Å². The molecule has 3 aromatic rings. The van der Waals surface area contributed by atoms with E-state index in [-0.39, 0.29) is 0 Å². The molecule has 0 aliphatic carbocycles. The minimum Gasteiger partial charge on any atom is -0.361 e. The first-order valence-electron chi connectivity index (χ1n) is 8.62. The Hall–Kier alpha value is -2.11. The number of aromatic nitrogens is 1. The maximum absolute atomic E-state index is 12.7. The quantitative estimate of drug-likeness (QED) is 0.696. The average Bonchev–Trinajstić information content (AvgIpc) is 3.03. The van der Waals surface area contributed by atoms with Crippen LogP contribution in [-0.4, -0.2) is 31.3 Å². The van der Waals surface area contributed by atoms with Gasteiger partial charge in [0.15, 0.2) is 0 Å². The second-order valence-corrected chi connectivity index (χ2v) is 8.37. The molecule has 2 aromatic carbocycles. The van der Waals surface area contributed by atoms with Crippen LogP contribution in [0.2, 0.25) is 0 Å². The predicted molar refractivity (Wildman–Crippen MR) is 102 cm³/mol. The summed E-state index contributed by atoms with van der Waals surface area (Å²) in [5.41, 5.74) is 3.38. The van der Waals surface area contributed by atoms with Crippen molar-refractivity contribution in [1.82, 2.24) is 9.29 Å². The highest BCUT2D eigenvalue weighted by Gasteiger charge is 2.20. The molecule has 0 aliphatic rings. The number of H-pyrrole nitrogens is 1. The molecule has 25 heavy (non-hydrogen) atoms. The molecule has 0 spiro atoms. The number of hydrogen-bond donors (Lipinski definition) is 1. The van der Waals surface area contributed by atoms with Crippen molar-refractivity contribution in [2.24, 2.45) is 0 Å². The largest absolute Gasteiger partial charge is 0.361 e. The third kappa shape index (κ3) is 3.78. The lowest BCUT2D eigenvalue weighted by Gasteiger charge is -2.17. The number of aryl methyl sites for hydroxylation is 1. The Labute approximate surface area is 149 Å². The van der Waals surface area contributed by atoms with E-state index in [1.54, 1.807) is 19.2 Å². The smallest absolute Gasteiger partial charge is 0.242 e. The molecule has 0 radical (unpaired) electrons. The van der Waals surface area contributed by atoms with Crippen LogP contribution in [0.4, 0.5) is 0 Å². The number of para-hydroxylation sites is 1. The van der Waals surface area contributed by atoms with Gasteiger partial charge in [-0.05, 0) is 42.2 Å². The fourth-order valence-corrected chi connectivity index (χ4v) is 4.20. The summed E-state index contributed by atoms with van der Waals surface area (Å²) in [4.78, 5) is 3.59. The lowest BCUT2D eigenvalue weighted by molar-refractivity contribution is 0.473. The van der Waals surface area contributed by atoms with Gasteiger partial charge in [-0.2, -0.15) is 0 Å². The number of fused-ring (bicyclic) bond motifs is 1. The van der Waals surface area contributed by atoms with Crippen molar-refractivity contribution in [3.8, 4) is 0 Å².